The second-order valence-corrected chi connectivity index (χ2v) is 5.17. The SMILES string of the molecule is Cc1cc(C)c(=S)n(C)c1-c1cc(C(C)(F)F)[nH]n1. The molecule has 0 amide bonds. The quantitative estimate of drug-likeness (QED) is 0.849. The van der Waals surface area contributed by atoms with Gasteiger partial charge in [-0.05, 0) is 31.0 Å². The molecule has 0 aliphatic heterocycles. The van der Waals surface area contributed by atoms with Crippen molar-refractivity contribution < 1.29 is 8.78 Å². The first kappa shape index (κ1) is 13.9. The number of hydrogen-bond acceptors (Lipinski definition) is 2. The third kappa shape index (κ3) is 2.45. The van der Waals surface area contributed by atoms with Crippen LogP contribution in [0.4, 0.5) is 8.78 Å². The number of halogens is 2. The molecule has 0 aromatic carbocycles. The van der Waals surface area contributed by atoms with E-state index < -0.39 is 5.92 Å². The van der Waals surface area contributed by atoms with Crippen LogP contribution in [-0.2, 0) is 13.0 Å². The molecule has 0 fully saturated rings. The lowest BCUT2D eigenvalue weighted by molar-refractivity contribution is 0.0127. The van der Waals surface area contributed by atoms with Crippen LogP contribution < -0.4 is 0 Å². The number of aryl methyl sites for hydroxylation is 2. The number of rotatable bonds is 2. The van der Waals surface area contributed by atoms with E-state index in [0.717, 1.165) is 23.7 Å². The summed E-state index contributed by atoms with van der Waals surface area (Å²) in [7, 11) is 1.82. The molecule has 2 rings (SSSR count). The second kappa shape index (κ2) is 4.52. The Morgan fingerprint density at radius 2 is 1.89 bits per heavy atom. The average Bonchev–Trinajstić information content (AvgIpc) is 2.75. The summed E-state index contributed by atoms with van der Waals surface area (Å²) in [5.74, 6) is -2.93. The van der Waals surface area contributed by atoms with Gasteiger partial charge in [-0.25, -0.2) is 0 Å². The van der Waals surface area contributed by atoms with Crippen LogP contribution in [0, 0.1) is 18.5 Å². The van der Waals surface area contributed by atoms with Crippen molar-refractivity contribution in [1.82, 2.24) is 14.8 Å². The smallest absolute Gasteiger partial charge is 0.286 e. The van der Waals surface area contributed by atoms with Crippen LogP contribution in [0.3, 0.4) is 0 Å². The lowest BCUT2D eigenvalue weighted by Crippen LogP contribution is -2.07. The molecule has 0 unspecified atom stereocenters. The van der Waals surface area contributed by atoms with Crippen molar-refractivity contribution in [1.29, 1.82) is 0 Å². The number of alkyl halides is 2. The third-order valence-corrected chi connectivity index (χ3v) is 3.67. The van der Waals surface area contributed by atoms with Crippen LogP contribution in [0.15, 0.2) is 12.1 Å². The van der Waals surface area contributed by atoms with Crippen molar-refractivity contribution >= 4 is 12.2 Å². The minimum Gasteiger partial charge on any atom is -0.333 e. The van der Waals surface area contributed by atoms with E-state index >= 15 is 0 Å². The maximum Gasteiger partial charge on any atom is 0.286 e. The summed E-state index contributed by atoms with van der Waals surface area (Å²) in [5, 5.41) is 6.36. The standard InChI is InChI=1S/C13H15F2N3S/c1-7-5-8(2)12(19)18(4)11(7)9-6-10(17-16-9)13(3,14)15/h5-6H,1-4H3,(H,16,17). The van der Waals surface area contributed by atoms with Crippen LogP contribution in [0.5, 0.6) is 0 Å². The molecule has 0 radical (unpaired) electrons. The van der Waals surface area contributed by atoms with Gasteiger partial charge in [0.05, 0.1) is 5.69 Å². The maximum atomic E-state index is 13.2. The molecule has 2 aromatic rings. The number of hydrogen-bond donors (Lipinski definition) is 1. The van der Waals surface area contributed by atoms with Gasteiger partial charge in [0.15, 0.2) is 0 Å². The zero-order valence-electron chi connectivity index (χ0n) is 11.2. The Morgan fingerprint density at radius 1 is 1.26 bits per heavy atom. The van der Waals surface area contributed by atoms with E-state index in [1.54, 1.807) is 4.57 Å². The minimum absolute atomic E-state index is 0.201. The van der Waals surface area contributed by atoms with E-state index in [9.17, 15) is 8.78 Å². The van der Waals surface area contributed by atoms with Gasteiger partial charge >= 0.3 is 0 Å². The van der Waals surface area contributed by atoms with Crippen LogP contribution in [0.25, 0.3) is 11.4 Å². The Bertz CT molecular complexity index is 680. The molecule has 2 aromatic heterocycles. The molecule has 2 heterocycles. The lowest BCUT2D eigenvalue weighted by Gasteiger charge is -2.12. The first-order valence-electron chi connectivity index (χ1n) is 5.83. The Kier molecular flexibility index (Phi) is 3.30. The van der Waals surface area contributed by atoms with Crippen molar-refractivity contribution in [2.75, 3.05) is 0 Å². The molecule has 0 atom stereocenters. The number of nitrogens with zero attached hydrogens (tertiary/aromatic N) is 2. The van der Waals surface area contributed by atoms with Crippen molar-refractivity contribution in [3.8, 4) is 11.4 Å². The minimum atomic E-state index is -2.93. The fraction of sp³-hybridized carbons (Fsp3) is 0.385. The summed E-state index contributed by atoms with van der Waals surface area (Å²) in [6.07, 6.45) is 0. The summed E-state index contributed by atoms with van der Waals surface area (Å²) < 4.78 is 28.9. The van der Waals surface area contributed by atoms with E-state index in [1.165, 1.54) is 6.07 Å². The Balaban J connectivity index is 2.64. The van der Waals surface area contributed by atoms with Gasteiger partial charge in [-0.15, -0.1) is 0 Å². The Morgan fingerprint density at radius 3 is 2.42 bits per heavy atom. The van der Waals surface area contributed by atoms with E-state index in [2.05, 4.69) is 10.2 Å². The highest BCUT2D eigenvalue weighted by Gasteiger charge is 2.27. The molecule has 0 aliphatic rings. The van der Waals surface area contributed by atoms with Crippen LogP contribution in [0.2, 0.25) is 0 Å². The monoisotopic (exact) mass is 283 g/mol. The highest BCUT2D eigenvalue weighted by atomic mass is 32.1. The van der Waals surface area contributed by atoms with Gasteiger partial charge in [-0.3, -0.25) is 5.10 Å². The average molecular weight is 283 g/mol. The molecular weight excluding hydrogens is 268 g/mol. The van der Waals surface area contributed by atoms with Gasteiger partial charge in [0.2, 0.25) is 0 Å². The topological polar surface area (TPSA) is 33.6 Å². The number of nitrogens with one attached hydrogen (secondary N) is 1. The van der Waals surface area contributed by atoms with Crippen molar-refractivity contribution in [2.45, 2.75) is 26.7 Å². The van der Waals surface area contributed by atoms with Gasteiger partial charge in [0.25, 0.3) is 5.92 Å². The van der Waals surface area contributed by atoms with Crippen LogP contribution in [-0.4, -0.2) is 14.8 Å². The summed E-state index contributed by atoms with van der Waals surface area (Å²) in [6, 6.07) is 3.31. The number of H-pyrrole nitrogens is 1. The Hall–Kier alpha value is -1.56. The van der Waals surface area contributed by atoms with Crippen molar-refractivity contribution in [2.24, 2.45) is 7.05 Å². The molecule has 0 saturated heterocycles. The molecule has 102 valence electrons. The normalized spacial score (nSPS) is 11.9. The predicted octanol–water partition coefficient (Wildman–Crippen LogP) is 3.87. The summed E-state index contributed by atoms with van der Waals surface area (Å²) in [4.78, 5) is 0. The van der Waals surface area contributed by atoms with Gasteiger partial charge in [-0.2, -0.15) is 13.9 Å². The fourth-order valence-corrected chi connectivity index (χ4v) is 2.28. The number of pyridine rings is 1. The molecule has 1 N–H and O–H groups in total. The summed E-state index contributed by atoms with van der Waals surface area (Å²) in [5.41, 5.74) is 2.96. The highest BCUT2D eigenvalue weighted by Crippen LogP contribution is 2.30. The molecule has 0 bridgehead atoms. The van der Waals surface area contributed by atoms with Crippen molar-refractivity contribution in [3.63, 3.8) is 0 Å². The highest BCUT2D eigenvalue weighted by molar-refractivity contribution is 7.71. The second-order valence-electron chi connectivity index (χ2n) is 4.78. The number of aromatic nitrogens is 3. The van der Waals surface area contributed by atoms with Gasteiger partial charge in [0.1, 0.15) is 16.0 Å². The predicted molar refractivity (Wildman–Crippen MR) is 72.9 cm³/mol. The largest absolute Gasteiger partial charge is 0.333 e. The molecule has 19 heavy (non-hydrogen) atoms. The molecule has 6 heteroatoms. The van der Waals surface area contributed by atoms with Crippen LogP contribution in [0.1, 0.15) is 23.7 Å². The van der Waals surface area contributed by atoms with E-state index in [0.29, 0.717) is 10.3 Å². The first-order valence-corrected chi connectivity index (χ1v) is 6.24. The molecule has 0 aliphatic carbocycles. The first-order chi connectivity index (χ1) is 8.71. The molecule has 3 nitrogen and oxygen atoms in total. The van der Waals surface area contributed by atoms with Crippen molar-refractivity contribution in [3.05, 3.63) is 33.6 Å². The lowest BCUT2D eigenvalue weighted by atomic mass is 10.1. The van der Waals surface area contributed by atoms with E-state index in [4.69, 9.17) is 12.2 Å². The summed E-state index contributed by atoms with van der Waals surface area (Å²) in [6.45, 7) is 4.68. The van der Waals surface area contributed by atoms with Gasteiger partial charge in [0, 0.05) is 14.0 Å². The molecular formula is C13H15F2N3S. The Labute approximate surface area is 115 Å². The maximum absolute atomic E-state index is 13.2. The van der Waals surface area contributed by atoms with Crippen LogP contribution >= 0.6 is 12.2 Å². The zero-order chi connectivity index (χ0) is 14.4. The van der Waals surface area contributed by atoms with E-state index in [-0.39, 0.29) is 5.69 Å². The molecule has 0 spiro atoms. The number of aromatic amines is 1. The van der Waals surface area contributed by atoms with Gasteiger partial charge in [-0.1, -0.05) is 18.3 Å². The van der Waals surface area contributed by atoms with E-state index in [1.807, 2.05) is 27.0 Å². The fourth-order valence-electron chi connectivity index (χ4n) is 2.13. The molecule has 0 saturated carbocycles. The third-order valence-electron chi connectivity index (χ3n) is 3.08. The summed E-state index contributed by atoms with van der Waals surface area (Å²) >= 11 is 5.30. The van der Waals surface area contributed by atoms with Gasteiger partial charge < -0.3 is 4.57 Å². The zero-order valence-corrected chi connectivity index (χ0v) is 12.0.